The summed E-state index contributed by atoms with van der Waals surface area (Å²) in [6, 6.07) is 8.63. The fourth-order valence-electron chi connectivity index (χ4n) is 1.81. The van der Waals surface area contributed by atoms with Crippen molar-refractivity contribution in [2.45, 2.75) is 19.8 Å². The number of fused-ring (bicyclic) bond motifs is 1. The summed E-state index contributed by atoms with van der Waals surface area (Å²) >= 11 is 0. The maximum atomic E-state index is 2.25. The predicted molar refractivity (Wildman–Crippen MR) is 57.6 cm³/mol. The van der Waals surface area contributed by atoms with Crippen LogP contribution in [0.4, 0.5) is 0 Å². The Morgan fingerprint density at radius 1 is 1.15 bits per heavy atom. The first-order chi connectivity index (χ1) is 6.29. The topological polar surface area (TPSA) is 0 Å². The van der Waals surface area contributed by atoms with Gasteiger partial charge in [0.25, 0.3) is 0 Å². The second-order valence-corrected chi connectivity index (χ2v) is 3.61. The van der Waals surface area contributed by atoms with Gasteiger partial charge in [0.1, 0.15) is 0 Å². The van der Waals surface area contributed by atoms with Gasteiger partial charge in [0.15, 0.2) is 0 Å². The van der Waals surface area contributed by atoms with Gasteiger partial charge in [0.2, 0.25) is 0 Å². The smallest absolute Gasteiger partial charge is 0.000129 e. The number of benzene rings is 1. The molecule has 1 aromatic carbocycles. The Morgan fingerprint density at radius 2 is 1.92 bits per heavy atom. The Labute approximate surface area is 79.6 Å². The molecule has 1 aromatic rings. The number of rotatable bonds is 0. The molecule has 0 heterocycles. The van der Waals surface area contributed by atoms with Gasteiger partial charge in [-0.05, 0) is 29.5 Å². The summed E-state index contributed by atoms with van der Waals surface area (Å²) in [5.41, 5.74) is 4.18. The fraction of sp³-hybridized carbons (Fsp3) is 0.231. The van der Waals surface area contributed by atoms with E-state index in [1.165, 1.54) is 16.7 Å². The van der Waals surface area contributed by atoms with Crippen LogP contribution in [0.5, 0.6) is 0 Å². The maximum Gasteiger partial charge on any atom is -0.000129 e. The Morgan fingerprint density at radius 3 is 2.77 bits per heavy atom. The Hall–Kier alpha value is -1.30. The van der Waals surface area contributed by atoms with E-state index in [0.717, 1.165) is 0 Å². The van der Waals surface area contributed by atoms with Gasteiger partial charge in [-0.15, -0.1) is 0 Å². The molecule has 0 radical (unpaired) electrons. The molecular formula is C13H14. The van der Waals surface area contributed by atoms with Crippen LogP contribution in [0.1, 0.15) is 30.9 Å². The van der Waals surface area contributed by atoms with Crippen LogP contribution in [-0.4, -0.2) is 0 Å². The lowest BCUT2D eigenvalue weighted by atomic mass is 9.94. The summed E-state index contributed by atoms with van der Waals surface area (Å²) in [6.45, 7) is 4.41. The second-order valence-electron chi connectivity index (χ2n) is 3.61. The summed E-state index contributed by atoms with van der Waals surface area (Å²) in [7, 11) is 0. The fourth-order valence-corrected chi connectivity index (χ4v) is 1.81. The molecular weight excluding hydrogens is 156 g/mol. The van der Waals surface area contributed by atoms with E-state index in [-0.39, 0.29) is 0 Å². The van der Waals surface area contributed by atoms with Crippen LogP contribution in [0, 0.1) is 0 Å². The summed E-state index contributed by atoms with van der Waals surface area (Å²) in [4.78, 5) is 0. The van der Waals surface area contributed by atoms with E-state index >= 15 is 0 Å². The molecule has 0 saturated carbocycles. The van der Waals surface area contributed by atoms with E-state index in [0.29, 0.717) is 5.92 Å². The lowest BCUT2D eigenvalue weighted by Crippen LogP contribution is -1.93. The molecule has 0 saturated heterocycles. The van der Waals surface area contributed by atoms with Crippen LogP contribution in [0.2, 0.25) is 0 Å². The molecule has 1 aliphatic carbocycles. The molecule has 0 aliphatic heterocycles. The third-order valence-electron chi connectivity index (χ3n) is 2.62. The average molecular weight is 170 g/mol. The highest BCUT2D eigenvalue weighted by Gasteiger charge is 2.09. The molecule has 13 heavy (non-hydrogen) atoms. The van der Waals surface area contributed by atoms with Gasteiger partial charge in [0.05, 0.1) is 0 Å². The molecule has 1 aliphatic rings. The zero-order valence-electron chi connectivity index (χ0n) is 8.12. The van der Waals surface area contributed by atoms with Gasteiger partial charge < -0.3 is 0 Å². The number of allylic oxidation sites excluding steroid dienone is 4. The second kappa shape index (κ2) is 3.21. The average Bonchev–Trinajstić information content (AvgIpc) is 2.29. The molecule has 0 heteroatoms. The van der Waals surface area contributed by atoms with Crippen molar-refractivity contribution in [2.24, 2.45) is 0 Å². The van der Waals surface area contributed by atoms with Crippen LogP contribution in [0.15, 0.2) is 42.5 Å². The predicted octanol–water partition coefficient (Wildman–Crippen LogP) is 3.76. The quantitative estimate of drug-likeness (QED) is 0.556. The molecule has 0 aromatic heterocycles. The number of hydrogen-bond acceptors (Lipinski definition) is 0. The lowest BCUT2D eigenvalue weighted by Gasteiger charge is -2.11. The molecule has 0 N–H and O–H groups in total. The molecule has 1 atom stereocenters. The molecule has 0 spiro atoms. The number of hydrogen-bond donors (Lipinski definition) is 0. The summed E-state index contributed by atoms with van der Waals surface area (Å²) in [5.74, 6) is 0.532. The van der Waals surface area contributed by atoms with Crippen molar-refractivity contribution in [2.75, 3.05) is 0 Å². The molecule has 0 bridgehead atoms. The van der Waals surface area contributed by atoms with Crippen molar-refractivity contribution < 1.29 is 0 Å². The first-order valence-electron chi connectivity index (χ1n) is 4.73. The normalized spacial score (nSPS) is 20.5. The SMILES string of the molecule is CC1=CC=CC(C)c2ccccc21. The Kier molecular flexibility index (Phi) is 2.05. The van der Waals surface area contributed by atoms with E-state index in [2.05, 4.69) is 56.3 Å². The van der Waals surface area contributed by atoms with E-state index < -0.39 is 0 Å². The zero-order chi connectivity index (χ0) is 9.26. The maximum absolute atomic E-state index is 2.25. The minimum Gasteiger partial charge on any atom is -0.0773 e. The Balaban J connectivity index is 2.62. The molecule has 0 nitrogen and oxygen atoms in total. The van der Waals surface area contributed by atoms with Gasteiger partial charge in [-0.25, -0.2) is 0 Å². The van der Waals surface area contributed by atoms with Crippen molar-refractivity contribution in [1.29, 1.82) is 0 Å². The van der Waals surface area contributed by atoms with Crippen molar-refractivity contribution in [3.05, 3.63) is 53.6 Å². The lowest BCUT2D eigenvalue weighted by molar-refractivity contribution is 0.965. The minimum absolute atomic E-state index is 0.532. The minimum atomic E-state index is 0.532. The van der Waals surface area contributed by atoms with Gasteiger partial charge in [-0.3, -0.25) is 0 Å². The highest BCUT2D eigenvalue weighted by atomic mass is 14.1. The van der Waals surface area contributed by atoms with Crippen LogP contribution < -0.4 is 0 Å². The standard InChI is InChI=1S/C13H14/c1-10-6-5-7-11(2)13-9-4-3-8-12(10)13/h3-10H,1-2H3. The highest BCUT2D eigenvalue weighted by Crippen LogP contribution is 2.28. The molecule has 0 amide bonds. The Bertz CT molecular complexity index is 369. The first-order valence-corrected chi connectivity index (χ1v) is 4.73. The van der Waals surface area contributed by atoms with E-state index in [9.17, 15) is 0 Å². The monoisotopic (exact) mass is 170 g/mol. The van der Waals surface area contributed by atoms with Crippen LogP contribution in [0.3, 0.4) is 0 Å². The molecule has 2 rings (SSSR count). The third-order valence-corrected chi connectivity index (χ3v) is 2.62. The highest BCUT2D eigenvalue weighted by molar-refractivity contribution is 5.69. The summed E-state index contributed by atoms with van der Waals surface area (Å²) in [5, 5.41) is 0. The van der Waals surface area contributed by atoms with E-state index in [1.807, 2.05) is 0 Å². The van der Waals surface area contributed by atoms with Gasteiger partial charge in [-0.1, -0.05) is 49.4 Å². The molecule has 0 fully saturated rings. The third kappa shape index (κ3) is 1.44. The van der Waals surface area contributed by atoms with Gasteiger partial charge in [0, 0.05) is 0 Å². The molecule has 1 unspecified atom stereocenters. The van der Waals surface area contributed by atoms with Gasteiger partial charge >= 0.3 is 0 Å². The van der Waals surface area contributed by atoms with E-state index in [1.54, 1.807) is 0 Å². The van der Waals surface area contributed by atoms with Crippen LogP contribution in [0.25, 0.3) is 5.57 Å². The van der Waals surface area contributed by atoms with Crippen molar-refractivity contribution in [3.63, 3.8) is 0 Å². The van der Waals surface area contributed by atoms with Crippen molar-refractivity contribution in [1.82, 2.24) is 0 Å². The van der Waals surface area contributed by atoms with Crippen LogP contribution in [-0.2, 0) is 0 Å². The van der Waals surface area contributed by atoms with Crippen molar-refractivity contribution in [3.8, 4) is 0 Å². The van der Waals surface area contributed by atoms with Crippen LogP contribution >= 0.6 is 0 Å². The molecule has 66 valence electrons. The summed E-state index contributed by atoms with van der Waals surface area (Å²) in [6.07, 6.45) is 6.58. The first kappa shape index (κ1) is 8.31. The zero-order valence-corrected chi connectivity index (χ0v) is 8.12. The van der Waals surface area contributed by atoms with Gasteiger partial charge in [-0.2, -0.15) is 0 Å². The summed E-state index contributed by atoms with van der Waals surface area (Å²) < 4.78 is 0. The van der Waals surface area contributed by atoms with E-state index in [4.69, 9.17) is 0 Å². The largest absolute Gasteiger partial charge is 0.0773 e. The van der Waals surface area contributed by atoms with Crippen molar-refractivity contribution >= 4 is 5.57 Å².